The van der Waals surface area contributed by atoms with Crippen LogP contribution >= 0.6 is 11.8 Å². The first-order valence-electron chi connectivity index (χ1n) is 9.90. The number of hydrogen-bond donors (Lipinski definition) is 0. The third-order valence-electron chi connectivity index (χ3n) is 6.34. The largest absolute Gasteiger partial charge is 0.363 e. The van der Waals surface area contributed by atoms with Crippen molar-refractivity contribution in [3.8, 4) is 0 Å². The molecule has 2 saturated carbocycles. The van der Waals surface area contributed by atoms with E-state index in [4.69, 9.17) is 0 Å². The number of nitrogens with zero attached hydrogens (tertiary/aromatic N) is 2. The van der Waals surface area contributed by atoms with E-state index in [2.05, 4.69) is 46.1 Å². The standard InChI is InChI=1S/C20H32N2S/c1-3-11-19(12-4-1,21-15-7-8-16-21)23-20(13-5-2-6-14-20)22-17-9-10-18-22/h7,9,15,17H,1-6,8,10-14,16,18H2. The molecule has 0 unspecified atom stereocenters. The molecule has 2 nitrogen and oxygen atoms in total. The minimum atomic E-state index is 0.374. The molecule has 0 radical (unpaired) electrons. The first-order chi connectivity index (χ1) is 11.3. The molecule has 0 spiro atoms. The van der Waals surface area contributed by atoms with E-state index < -0.39 is 0 Å². The maximum absolute atomic E-state index is 2.73. The predicted molar refractivity (Wildman–Crippen MR) is 100 cm³/mol. The normalized spacial score (nSPS) is 29.4. The molecule has 0 amide bonds. The van der Waals surface area contributed by atoms with Crippen molar-refractivity contribution < 1.29 is 0 Å². The molecule has 0 bridgehead atoms. The van der Waals surface area contributed by atoms with Crippen LogP contribution in [0.5, 0.6) is 0 Å². The lowest BCUT2D eigenvalue weighted by molar-refractivity contribution is 0.166. The topological polar surface area (TPSA) is 6.48 Å². The van der Waals surface area contributed by atoms with Crippen molar-refractivity contribution in [1.29, 1.82) is 0 Å². The van der Waals surface area contributed by atoms with Crippen molar-refractivity contribution in [3.63, 3.8) is 0 Å². The van der Waals surface area contributed by atoms with Crippen LogP contribution in [0, 0.1) is 0 Å². The smallest absolute Gasteiger partial charge is 0.0877 e. The van der Waals surface area contributed by atoms with Gasteiger partial charge in [-0.2, -0.15) is 0 Å². The molecule has 3 heteroatoms. The van der Waals surface area contributed by atoms with Crippen LogP contribution < -0.4 is 0 Å². The van der Waals surface area contributed by atoms with Gasteiger partial charge in [0.05, 0.1) is 9.74 Å². The third-order valence-corrected chi connectivity index (χ3v) is 8.39. The van der Waals surface area contributed by atoms with Gasteiger partial charge in [-0.3, -0.25) is 0 Å². The molecular weight excluding hydrogens is 300 g/mol. The summed E-state index contributed by atoms with van der Waals surface area (Å²) in [5, 5.41) is 0. The zero-order chi connectivity index (χ0) is 15.6. The Balaban J connectivity index is 1.61. The van der Waals surface area contributed by atoms with E-state index in [1.54, 1.807) is 0 Å². The van der Waals surface area contributed by atoms with Gasteiger partial charge in [-0.05, 0) is 50.9 Å². The van der Waals surface area contributed by atoms with Gasteiger partial charge in [-0.15, -0.1) is 11.8 Å². The Morgan fingerprint density at radius 3 is 1.39 bits per heavy atom. The van der Waals surface area contributed by atoms with E-state index in [-0.39, 0.29) is 0 Å². The Bertz CT molecular complexity index is 416. The summed E-state index contributed by atoms with van der Waals surface area (Å²) in [5.41, 5.74) is 0. The maximum Gasteiger partial charge on any atom is 0.0877 e. The molecule has 0 aromatic rings. The summed E-state index contributed by atoms with van der Waals surface area (Å²) in [5.74, 6) is 0. The lowest BCUT2D eigenvalue weighted by Crippen LogP contribution is -2.52. The van der Waals surface area contributed by atoms with Crippen molar-refractivity contribution in [3.05, 3.63) is 24.6 Å². The van der Waals surface area contributed by atoms with Crippen LogP contribution in [-0.2, 0) is 0 Å². The summed E-state index contributed by atoms with van der Waals surface area (Å²) >= 11 is 2.38. The summed E-state index contributed by atoms with van der Waals surface area (Å²) in [6.45, 7) is 2.50. The second-order valence-corrected chi connectivity index (χ2v) is 9.57. The fraction of sp³-hybridized carbons (Fsp3) is 0.800. The second-order valence-electron chi connectivity index (χ2n) is 7.85. The van der Waals surface area contributed by atoms with Gasteiger partial charge < -0.3 is 9.80 Å². The maximum atomic E-state index is 2.73. The zero-order valence-corrected chi connectivity index (χ0v) is 15.3. The summed E-state index contributed by atoms with van der Waals surface area (Å²) < 4.78 is 0. The van der Waals surface area contributed by atoms with Gasteiger partial charge in [-0.1, -0.05) is 50.7 Å². The van der Waals surface area contributed by atoms with Crippen molar-refractivity contribution in [2.45, 2.75) is 86.8 Å². The van der Waals surface area contributed by atoms with E-state index in [0.29, 0.717) is 9.74 Å². The lowest BCUT2D eigenvalue weighted by atomic mass is 9.92. The Morgan fingerprint density at radius 2 is 1.04 bits per heavy atom. The van der Waals surface area contributed by atoms with Crippen molar-refractivity contribution >= 4 is 11.8 Å². The monoisotopic (exact) mass is 332 g/mol. The van der Waals surface area contributed by atoms with Gasteiger partial charge >= 0.3 is 0 Å². The molecule has 0 aromatic carbocycles. The van der Waals surface area contributed by atoms with Crippen molar-refractivity contribution in [1.82, 2.24) is 9.80 Å². The van der Waals surface area contributed by atoms with Gasteiger partial charge in [0.15, 0.2) is 0 Å². The van der Waals surface area contributed by atoms with Crippen LogP contribution in [0.4, 0.5) is 0 Å². The zero-order valence-electron chi connectivity index (χ0n) is 14.5. The SMILES string of the molecule is C1=CN(C2(SC3(N4C=CCC4)CCCCC3)CCCCC2)CC1. The summed E-state index contributed by atoms with van der Waals surface area (Å²) in [6.07, 6.45) is 26.2. The van der Waals surface area contributed by atoms with E-state index >= 15 is 0 Å². The highest BCUT2D eigenvalue weighted by Crippen LogP contribution is 2.55. The van der Waals surface area contributed by atoms with Crippen LogP contribution in [0.25, 0.3) is 0 Å². The van der Waals surface area contributed by atoms with Crippen LogP contribution in [0.3, 0.4) is 0 Å². The van der Waals surface area contributed by atoms with E-state index in [0.717, 1.165) is 0 Å². The molecule has 2 fully saturated rings. The molecular formula is C20H32N2S. The van der Waals surface area contributed by atoms with Crippen molar-refractivity contribution in [2.75, 3.05) is 13.1 Å². The molecule has 4 rings (SSSR count). The molecule has 2 heterocycles. The highest BCUT2D eigenvalue weighted by atomic mass is 32.2. The summed E-state index contributed by atoms with van der Waals surface area (Å²) in [7, 11) is 0. The predicted octanol–water partition coefficient (Wildman–Crippen LogP) is 5.48. The summed E-state index contributed by atoms with van der Waals surface area (Å²) in [6, 6.07) is 0. The van der Waals surface area contributed by atoms with Gasteiger partial charge in [-0.25, -0.2) is 0 Å². The van der Waals surface area contributed by atoms with E-state index in [9.17, 15) is 0 Å². The molecule has 128 valence electrons. The van der Waals surface area contributed by atoms with Crippen LogP contribution in [-0.4, -0.2) is 32.6 Å². The third kappa shape index (κ3) is 3.06. The molecule has 4 aliphatic rings. The summed E-state index contributed by atoms with van der Waals surface area (Å²) in [4.78, 5) is 6.21. The molecule has 2 aliphatic carbocycles. The minimum absolute atomic E-state index is 0.374. The van der Waals surface area contributed by atoms with Crippen LogP contribution in [0.2, 0.25) is 0 Å². The number of rotatable bonds is 4. The van der Waals surface area contributed by atoms with E-state index in [1.165, 1.54) is 90.1 Å². The Hall–Kier alpha value is -0.570. The average molecular weight is 333 g/mol. The fourth-order valence-electron chi connectivity index (χ4n) is 5.12. The van der Waals surface area contributed by atoms with Gasteiger partial charge in [0.25, 0.3) is 0 Å². The van der Waals surface area contributed by atoms with Crippen LogP contribution in [0.15, 0.2) is 24.6 Å². The number of thioether (sulfide) groups is 1. The van der Waals surface area contributed by atoms with Gasteiger partial charge in [0, 0.05) is 13.1 Å². The quantitative estimate of drug-likeness (QED) is 0.673. The first-order valence-corrected chi connectivity index (χ1v) is 10.7. The molecule has 0 atom stereocenters. The Kier molecular flexibility index (Phi) is 4.67. The lowest BCUT2D eigenvalue weighted by Gasteiger charge is -2.54. The molecule has 2 aliphatic heterocycles. The highest BCUT2D eigenvalue weighted by Gasteiger charge is 2.48. The molecule has 23 heavy (non-hydrogen) atoms. The molecule has 0 aromatic heterocycles. The highest BCUT2D eigenvalue weighted by molar-refractivity contribution is 8.01. The van der Waals surface area contributed by atoms with Crippen molar-refractivity contribution in [2.24, 2.45) is 0 Å². The average Bonchev–Trinajstić information content (AvgIpc) is 3.31. The minimum Gasteiger partial charge on any atom is -0.363 e. The molecule has 0 N–H and O–H groups in total. The van der Waals surface area contributed by atoms with Gasteiger partial charge in [0.2, 0.25) is 0 Å². The van der Waals surface area contributed by atoms with E-state index in [1.807, 2.05) is 0 Å². The van der Waals surface area contributed by atoms with Crippen LogP contribution in [0.1, 0.15) is 77.0 Å². The fourth-order valence-corrected chi connectivity index (χ4v) is 7.35. The Morgan fingerprint density at radius 1 is 0.609 bits per heavy atom. The van der Waals surface area contributed by atoms with Gasteiger partial charge in [0.1, 0.15) is 0 Å². The molecule has 0 saturated heterocycles. The Labute approximate surface area is 146 Å². The first kappa shape index (κ1) is 15.9. The second kappa shape index (κ2) is 6.74. The number of hydrogen-bond acceptors (Lipinski definition) is 3.